The predicted octanol–water partition coefficient (Wildman–Crippen LogP) is 6.36. The van der Waals surface area contributed by atoms with Crippen molar-refractivity contribution in [2.45, 2.75) is 138 Å². The summed E-state index contributed by atoms with van der Waals surface area (Å²) in [6.45, 7) is 25.1. The molecular formula is C24H57N3. The van der Waals surface area contributed by atoms with E-state index in [4.69, 9.17) is 0 Å². The third-order valence-corrected chi connectivity index (χ3v) is 5.19. The highest BCUT2D eigenvalue weighted by Gasteiger charge is 2.29. The lowest BCUT2D eigenvalue weighted by Gasteiger charge is -2.39. The summed E-state index contributed by atoms with van der Waals surface area (Å²) in [4.78, 5) is 0. The van der Waals surface area contributed by atoms with Crippen LogP contribution in [0.1, 0.15) is 115 Å². The van der Waals surface area contributed by atoms with Gasteiger partial charge in [-0.3, -0.25) is 0 Å². The standard InChI is InChI=1S/C21H46N2.C2H6.CH5N/c1-10-13-21(9,12-3)23-20(15-17(6)7)18(8)22-19(11-2)14-16(4)5;2*1-2/h16-20,22-23H,10-15H2,1-9H3;1-2H3;2H2,1H3. The number of nitrogens with one attached hydrogen (secondary N) is 2. The topological polar surface area (TPSA) is 50.1 Å². The minimum atomic E-state index is 0.268. The van der Waals surface area contributed by atoms with Crippen LogP contribution in [-0.2, 0) is 0 Å². The zero-order chi connectivity index (χ0) is 22.0. The van der Waals surface area contributed by atoms with Crippen LogP contribution in [0.2, 0.25) is 0 Å². The normalized spacial score (nSPS) is 16.6. The zero-order valence-electron chi connectivity index (χ0n) is 21.2. The van der Waals surface area contributed by atoms with Gasteiger partial charge in [0.2, 0.25) is 0 Å². The van der Waals surface area contributed by atoms with Gasteiger partial charge in [-0.2, -0.15) is 0 Å². The summed E-state index contributed by atoms with van der Waals surface area (Å²) in [6, 6.07) is 1.71. The van der Waals surface area contributed by atoms with Gasteiger partial charge in [0.1, 0.15) is 0 Å². The smallest absolute Gasteiger partial charge is 0.0226 e. The van der Waals surface area contributed by atoms with Crippen LogP contribution in [0.15, 0.2) is 0 Å². The lowest BCUT2D eigenvalue weighted by atomic mass is 9.88. The largest absolute Gasteiger partial charge is 0.333 e. The van der Waals surface area contributed by atoms with Crippen LogP contribution < -0.4 is 16.4 Å². The van der Waals surface area contributed by atoms with Crippen LogP contribution >= 0.6 is 0 Å². The maximum absolute atomic E-state index is 4.50. The second-order valence-corrected chi connectivity index (χ2v) is 8.73. The third-order valence-electron chi connectivity index (χ3n) is 5.19. The van der Waals surface area contributed by atoms with E-state index < -0.39 is 0 Å². The van der Waals surface area contributed by atoms with E-state index in [0.29, 0.717) is 18.1 Å². The number of nitrogens with two attached hydrogens (primary N) is 1. The van der Waals surface area contributed by atoms with E-state index in [9.17, 15) is 0 Å². The van der Waals surface area contributed by atoms with Crippen LogP contribution in [0.5, 0.6) is 0 Å². The van der Waals surface area contributed by atoms with Crippen molar-refractivity contribution in [2.75, 3.05) is 7.05 Å². The van der Waals surface area contributed by atoms with Gasteiger partial charge in [0.05, 0.1) is 0 Å². The average Bonchev–Trinajstić information content (AvgIpc) is 2.63. The molecule has 0 radical (unpaired) electrons. The number of hydrogen-bond donors (Lipinski definition) is 3. The first-order chi connectivity index (χ1) is 12.7. The van der Waals surface area contributed by atoms with Gasteiger partial charge in [0.15, 0.2) is 0 Å². The van der Waals surface area contributed by atoms with Crippen LogP contribution in [-0.4, -0.2) is 30.7 Å². The maximum Gasteiger partial charge on any atom is 0.0226 e. The van der Waals surface area contributed by atoms with Crippen LogP contribution in [0.25, 0.3) is 0 Å². The molecule has 0 rings (SSSR count). The van der Waals surface area contributed by atoms with Gasteiger partial charge >= 0.3 is 0 Å². The van der Waals surface area contributed by atoms with Crippen molar-refractivity contribution < 1.29 is 0 Å². The summed E-state index contributed by atoms with van der Waals surface area (Å²) in [5.74, 6) is 1.49. The Kier molecular flexibility index (Phi) is 22.5. The van der Waals surface area contributed by atoms with E-state index in [1.165, 1.54) is 45.6 Å². The van der Waals surface area contributed by atoms with Gasteiger partial charge < -0.3 is 16.4 Å². The summed E-state index contributed by atoms with van der Waals surface area (Å²) < 4.78 is 0. The molecule has 0 fully saturated rings. The fraction of sp³-hybridized carbons (Fsp3) is 1.00. The van der Waals surface area contributed by atoms with Crippen molar-refractivity contribution in [3.05, 3.63) is 0 Å². The van der Waals surface area contributed by atoms with Gasteiger partial charge in [0, 0.05) is 23.7 Å². The first-order valence-corrected chi connectivity index (χ1v) is 11.8. The summed E-state index contributed by atoms with van der Waals surface area (Å²) in [7, 11) is 1.50. The monoisotopic (exact) mass is 387 g/mol. The van der Waals surface area contributed by atoms with Crippen molar-refractivity contribution >= 4 is 0 Å². The van der Waals surface area contributed by atoms with Gasteiger partial charge in [-0.05, 0) is 64.8 Å². The van der Waals surface area contributed by atoms with Crippen LogP contribution in [0.4, 0.5) is 0 Å². The van der Waals surface area contributed by atoms with E-state index in [0.717, 1.165) is 11.8 Å². The summed E-state index contributed by atoms with van der Waals surface area (Å²) in [5, 5.41) is 7.96. The Hall–Kier alpha value is -0.120. The molecule has 0 aromatic rings. The van der Waals surface area contributed by atoms with Crippen LogP contribution in [0.3, 0.4) is 0 Å². The highest BCUT2D eigenvalue weighted by atomic mass is 15.1. The fourth-order valence-corrected chi connectivity index (χ4v) is 3.66. The van der Waals surface area contributed by atoms with E-state index in [-0.39, 0.29) is 5.54 Å². The summed E-state index contributed by atoms with van der Waals surface area (Å²) in [5.41, 5.74) is 4.77. The molecular weight excluding hydrogens is 330 g/mol. The molecule has 4 unspecified atom stereocenters. The molecule has 3 nitrogen and oxygen atoms in total. The second kappa shape index (κ2) is 19.2. The second-order valence-electron chi connectivity index (χ2n) is 8.73. The summed E-state index contributed by atoms with van der Waals surface area (Å²) >= 11 is 0. The molecule has 0 aromatic carbocycles. The van der Waals surface area contributed by atoms with Crippen LogP contribution in [0, 0.1) is 11.8 Å². The molecule has 4 atom stereocenters. The Labute approximate surface area is 174 Å². The Morgan fingerprint density at radius 1 is 0.852 bits per heavy atom. The molecule has 0 heterocycles. The predicted molar refractivity (Wildman–Crippen MR) is 128 cm³/mol. The molecule has 0 spiro atoms. The lowest BCUT2D eigenvalue weighted by Crippen LogP contribution is -2.57. The molecule has 4 N–H and O–H groups in total. The molecule has 0 aromatic heterocycles. The molecule has 27 heavy (non-hydrogen) atoms. The first-order valence-electron chi connectivity index (χ1n) is 11.8. The van der Waals surface area contributed by atoms with Gasteiger partial charge in [-0.15, -0.1) is 0 Å². The average molecular weight is 388 g/mol. The van der Waals surface area contributed by atoms with E-state index >= 15 is 0 Å². The number of hydrogen-bond acceptors (Lipinski definition) is 3. The Morgan fingerprint density at radius 3 is 1.67 bits per heavy atom. The molecule has 0 aliphatic rings. The first kappa shape index (κ1) is 31.6. The lowest BCUT2D eigenvalue weighted by molar-refractivity contribution is 0.214. The highest BCUT2D eigenvalue weighted by molar-refractivity contribution is 4.91. The molecule has 0 saturated carbocycles. The molecule has 0 aliphatic carbocycles. The van der Waals surface area contributed by atoms with E-state index in [2.05, 4.69) is 78.7 Å². The summed E-state index contributed by atoms with van der Waals surface area (Å²) in [6.07, 6.45) is 7.44. The quantitative estimate of drug-likeness (QED) is 0.344. The molecule has 0 amide bonds. The molecule has 168 valence electrons. The Bertz CT molecular complexity index is 291. The third kappa shape index (κ3) is 16.5. The van der Waals surface area contributed by atoms with Crippen molar-refractivity contribution in [1.82, 2.24) is 10.6 Å². The zero-order valence-corrected chi connectivity index (χ0v) is 21.2. The minimum absolute atomic E-state index is 0.268. The highest BCUT2D eigenvalue weighted by Crippen LogP contribution is 2.21. The maximum atomic E-state index is 4.50. The van der Waals surface area contributed by atoms with Gasteiger partial charge in [0.25, 0.3) is 0 Å². The Morgan fingerprint density at radius 2 is 1.33 bits per heavy atom. The number of rotatable bonds is 13. The van der Waals surface area contributed by atoms with Crippen molar-refractivity contribution in [3.8, 4) is 0 Å². The molecule has 0 aliphatic heterocycles. The van der Waals surface area contributed by atoms with E-state index in [1.807, 2.05) is 13.8 Å². The molecule has 0 saturated heterocycles. The van der Waals surface area contributed by atoms with Crippen molar-refractivity contribution in [2.24, 2.45) is 17.6 Å². The van der Waals surface area contributed by atoms with Gasteiger partial charge in [-0.25, -0.2) is 0 Å². The van der Waals surface area contributed by atoms with Crippen molar-refractivity contribution in [3.63, 3.8) is 0 Å². The molecule has 3 heteroatoms. The minimum Gasteiger partial charge on any atom is -0.333 e. The fourth-order valence-electron chi connectivity index (χ4n) is 3.66. The molecule has 0 bridgehead atoms. The SMILES string of the molecule is CC.CCCC(C)(CC)NC(CC(C)C)C(C)NC(CC)CC(C)C.CN. The van der Waals surface area contributed by atoms with Crippen molar-refractivity contribution in [1.29, 1.82) is 0 Å². The van der Waals surface area contributed by atoms with E-state index in [1.54, 1.807) is 0 Å². The van der Waals surface area contributed by atoms with Gasteiger partial charge in [-0.1, -0.05) is 68.7 Å². The Balaban J connectivity index is -0.00000134.